The Morgan fingerprint density at radius 3 is 2.42 bits per heavy atom. The van der Waals surface area contributed by atoms with Crippen molar-refractivity contribution in [1.29, 1.82) is 0 Å². The quantitative estimate of drug-likeness (QED) is 0.486. The maximum Gasteiger partial charge on any atom is 0.253 e. The molecule has 0 bridgehead atoms. The maximum absolute atomic E-state index is 12.7. The molecule has 3 aromatic rings. The third kappa shape index (κ3) is 5.44. The highest BCUT2D eigenvalue weighted by Crippen LogP contribution is 2.38. The lowest BCUT2D eigenvalue weighted by Gasteiger charge is -2.33. The van der Waals surface area contributed by atoms with Crippen LogP contribution in [0.25, 0.3) is 22.2 Å². The van der Waals surface area contributed by atoms with E-state index in [0.29, 0.717) is 30.8 Å². The van der Waals surface area contributed by atoms with E-state index in [4.69, 9.17) is 0 Å². The summed E-state index contributed by atoms with van der Waals surface area (Å²) in [6, 6.07) is 8.85. The Morgan fingerprint density at radius 2 is 1.81 bits per heavy atom. The number of pyridine rings is 1. The van der Waals surface area contributed by atoms with E-state index in [1.54, 1.807) is 0 Å². The predicted octanol–water partition coefficient (Wildman–Crippen LogP) is 5.35. The van der Waals surface area contributed by atoms with Gasteiger partial charge in [-0.25, -0.2) is 0 Å². The van der Waals surface area contributed by atoms with Crippen LogP contribution in [-0.4, -0.2) is 59.0 Å². The lowest BCUT2D eigenvalue weighted by molar-refractivity contribution is -0.132. The van der Waals surface area contributed by atoms with E-state index in [1.807, 2.05) is 47.6 Å². The summed E-state index contributed by atoms with van der Waals surface area (Å²) in [5.41, 5.74) is 6.85. The lowest BCUT2D eigenvalue weighted by Crippen LogP contribution is -2.42. The van der Waals surface area contributed by atoms with Crippen LogP contribution in [0.4, 0.5) is 0 Å². The Balaban J connectivity index is 1.67. The fourth-order valence-corrected chi connectivity index (χ4v) is 5.60. The Morgan fingerprint density at radius 1 is 1.11 bits per heavy atom. The zero-order valence-corrected chi connectivity index (χ0v) is 23.0. The molecule has 4 rings (SSSR count). The van der Waals surface area contributed by atoms with Crippen molar-refractivity contribution in [1.82, 2.24) is 19.4 Å². The highest BCUT2D eigenvalue weighted by atomic mass is 16.2. The average Bonchev–Trinajstić information content (AvgIpc) is 3.20. The van der Waals surface area contributed by atoms with E-state index >= 15 is 0 Å². The fraction of sp³-hybridized carbons (Fsp3) is 0.533. The van der Waals surface area contributed by atoms with Crippen LogP contribution in [-0.2, 0) is 11.3 Å². The molecule has 3 heterocycles. The minimum absolute atomic E-state index is 0.0901. The SMILES string of the molecule is Cc1cc(-c2[nH]c3ccc(C4CCN(C(=O)CN(C)C)CC4)cc3c2C(C)C)cn(CC(C)C)c1=O. The van der Waals surface area contributed by atoms with Crippen molar-refractivity contribution < 1.29 is 4.79 Å². The van der Waals surface area contributed by atoms with Gasteiger partial charge < -0.3 is 19.4 Å². The number of fused-ring (bicyclic) bond motifs is 1. The number of likely N-dealkylation sites (tertiary alicyclic amines) is 1. The topological polar surface area (TPSA) is 61.3 Å². The van der Waals surface area contributed by atoms with Crippen LogP contribution in [0.1, 0.15) is 69.1 Å². The van der Waals surface area contributed by atoms with Gasteiger partial charge in [-0.05, 0) is 80.9 Å². The molecule has 1 fully saturated rings. The number of benzene rings is 1. The summed E-state index contributed by atoms with van der Waals surface area (Å²) in [5.74, 6) is 1.42. The van der Waals surface area contributed by atoms with Gasteiger partial charge in [0.1, 0.15) is 0 Å². The molecule has 1 aliphatic heterocycles. The number of piperidine rings is 1. The summed E-state index contributed by atoms with van der Waals surface area (Å²) in [6.45, 7) is 13.5. The first-order chi connectivity index (χ1) is 17.0. The van der Waals surface area contributed by atoms with Crippen LogP contribution in [0.5, 0.6) is 0 Å². The number of hydrogen-bond donors (Lipinski definition) is 1. The monoisotopic (exact) mass is 490 g/mol. The first-order valence-corrected chi connectivity index (χ1v) is 13.3. The second-order valence-corrected chi connectivity index (χ2v) is 11.5. The number of likely N-dealkylation sites (N-methyl/N-ethyl adjacent to an activating group) is 1. The van der Waals surface area contributed by atoms with Crippen molar-refractivity contribution in [2.45, 2.75) is 65.8 Å². The molecule has 36 heavy (non-hydrogen) atoms. The summed E-state index contributed by atoms with van der Waals surface area (Å²) >= 11 is 0. The Hall–Kier alpha value is -2.86. The van der Waals surface area contributed by atoms with E-state index in [1.165, 1.54) is 16.5 Å². The molecule has 1 aliphatic rings. The standard InChI is InChI=1S/C30H42N4O2/c1-19(2)16-34-17-24(14-21(5)30(34)36)29-28(20(3)4)25-15-23(8-9-26(25)31-29)22-10-12-33(13-11-22)27(35)18-32(6)7/h8-9,14-15,17,19-20,22,31H,10-13,16,18H2,1-7H3. The van der Waals surface area contributed by atoms with Crippen LogP contribution in [0.2, 0.25) is 0 Å². The van der Waals surface area contributed by atoms with Gasteiger partial charge in [-0.2, -0.15) is 0 Å². The largest absolute Gasteiger partial charge is 0.354 e. The minimum atomic E-state index is 0.0901. The molecule has 0 unspecified atom stereocenters. The van der Waals surface area contributed by atoms with Gasteiger partial charge in [-0.3, -0.25) is 9.59 Å². The maximum atomic E-state index is 12.7. The summed E-state index contributed by atoms with van der Waals surface area (Å²) in [6.07, 6.45) is 4.02. The summed E-state index contributed by atoms with van der Waals surface area (Å²) < 4.78 is 1.86. The molecule has 194 valence electrons. The summed E-state index contributed by atoms with van der Waals surface area (Å²) in [5, 5.41) is 1.27. The van der Waals surface area contributed by atoms with Crippen LogP contribution in [0.3, 0.4) is 0 Å². The first-order valence-electron chi connectivity index (χ1n) is 13.3. The van der Waals surface area contributed by atoms with E-state index in [0.717, 1.165) is 48.3 Å². The molecule has 1 aromatic carbocycles. The molecule has 0 aliphatic carbocycles. The number of aryl methyl sites for hydroxylation is 1. The average molecular weight is 491 g/mol. The molecule has 1 saturated heterocycles. The zero-order valence-electron chi connectivity index (χ0n) is 23.0. The van der Waals surface area contributed by atoms with E-state index in [2.05, 4.69) is 50.9 Å². The minimum Gasteiger partial charge on any atom is -0.354 e. The Bertz CT molecular complexity index is 1290. The van der Waals surface area contributed by atoms with Gasteiger partial charge in [0.15, 0.2) is 0 Å². The smallest absolute Gasteiger partial charge is 0.253 e. The van der Waals surface area contributed by atoms with Gasteiger partial charge in [0.2, 0.25) is 5.91 Å². The number of hydrogen-bond acceptors (Lipinski definition) is 3. The Kier molecular flexibility index (Phi) is 7.74. The fourth-order valence-electron chi connectivity index (χ4n) is 5.60. The number of nitrogens with zero attached hydrogens (tertiary/aromatic N) is 3. The number of carbonyl (C=O) groups excluding carboxylic acids is 1. The molecule has 0 atom stereocenters. The zero-order chi connectivity index (χ0) is 26.1. The van der Waals surface area contributed by atoms with Gasteiger partial charge in [0.25, 0.3) is 5.56 Å². The number of nitrogens with one attached hydrogen (secondary N) is 1. The lowest BCUT2D eigenvalue weighted by atomic mass is 9.87. The van der Waals surface area contributed by atoms with Crippen LogP contribution < -0.4 is 5.56 Å². The van der Waals surface area contributed by atoms with Crippen LogP contribution >= 0.6 is 0 Å². The number of aromatic nitrogens is 2. The molecule has 0 radical (unpaired) electrons. The van der Waals surface area contributed by atoms with Crippen molar-refractivity contribution in [2.75, 3.05) is 33.7 Å². The number of rotatable bonds is 7. The summed E-state index contributed by atoms with van der Waals surface area (Å²) in [7, 11) is 3.88. The molecule has 6 heteroatoms. The molecular formula is C30H42N4O2. The van der Waals surface area contributed by atoms with E-state index in [-0.39, 0.29) is 11.5 Å². The number of H-pyrrole nitrogens is 1. The van der Waals surface area contributed by atoms with Crippen molar-refractivity contribution in [3.05, 3.63) is 57.5 Å². The van der Waals surface area contributed by atoms with Crippen molar-refractivity contribution in [2.24, 2.45) is 5.92 Å². The third-order valence-corrected chi connectivity index (χ3v) is 7.33. The van der Waals surface area contributed by atoms with Gasteiger partial charge >= 0.3 is 0 Å². The highest BCUT2D eigenvalue weighted by molar-refractivity contribution is 5.92. The number of aromatic amines is 1. The number of amides is 1. The number of carbonyl (C=O) groups is 1. The van der Waals surface area contributed by atoms with Crippen LogP contribution in [0, 0.1) is 12.8 Å². The van der Waals surface area contributed by atoms with E-state index < -0.39 is 0 Å². The van der Waals surface area contributed by atoms with Gasteiger partial charge in [-0.1, -0.05) is 33.8 Å². The van der Waals surface area contributed by atoms with E-state index in [9.17, 15) is 9.59 Å². The molecule has 0 saturated carbocycles. The van der Waals surface area contributed by atoms with Crippen molar-refractivity contribution in [3.63, 3.8) is 0 Å². The first kappa shape index (κ1) is 26.2. The molecule has 2 aromatic heterocycles. The molecule has 0 spiro atoms. The Labute approximate surface area is 215 Å². The molecule has 1 N–H and O–H groups in total. The second-order valence-electron chi connectivity index (χ2n) is 11.5. The predicted molar refractivity (Wildman–Crippen MR) is 149 cm³/mol. The highest BCUT2D eigenvalue weighted by Gasteiger charge is 2.25. The van der Waals surface area contributed by atoms with Crippen LogP contribution in [0.15, 0.2) is 35.3 Å². The summed E-state index contributed by atoms with van der Waals surface area (Å²) in [4.78, 5) is 32.9. The molecule has 1 amide bonds. The van der Waals surface area contributed by atoms with Crippen molar-refractivity contribution in [3.8, 4) is 11.3 Å². The van der Waals surface area contributed by atoms with Gasteiger partial charge in [0.05, 0.1) is 12.2 Å². The second kappa shape index (κ2) is 10.6. The third-order valence-electron chi connectivity index (χ3n) is 7.33. The molecular weight excluding hydrogens is 448 g/mol. The van der Waals surface area contributed by atoms with Gasteiger partial charge in [-0.15, -0.1) is 0 Å². The molecule has 6 nitrogen and oxygen atoms in total. The normalized spacial score (nSPS) is 15.1. The van der Waals surface area contributed by atoms with Crippen molar-refractivity contribution >= 4 is 16.8 Å². The van der Waals surface area contributed by atoms with Gasteiger partial charge in [0, 0.05) is 47.9 Å².